The van der Waals surface area contributed by atoms with Gasteiger partial charge in [-0.05, 0) is 19.4 Å². The number of nitrogens with zero attached hydrogens (tertiary/aromatic N) is 1. The summed E-state index contributed by atoms with van der Waals surface area (Å²) in [6.07, 6.45) is 2.11. The Labute approximate surface area is 103 Å². The van der Waals surface area contributed by atoms with Gasteiger partial charge < -0.3 is 10.3 Å². The zero-order valence-corrected chi connectivity index (χ0v) is 9.78. The van der Waals surface area contributed by atoms with Gasteiger partial charge in [0.15, 0.2) is 11.6 Å². The normalized spacial score (nSPS) is 19.5. The van der Waals surface area contributed by atoms with Gasteiger partial charge in [0.1, 0.15) is 5.82 Å². The molecule has 92 valence electrons. The van der Waals surface area contributed by atoms with Crippen molar-refractivity contribution < 1.29 is 8.78 Å². The third-order valence-electron chi connectivity index (χ3n) is 2.93. The molecule has 2 N–H and O–H groups in total. The number of hydrogen-bond donors (Lipinski definition) is 2. The van der Waals surface area contributed by atoms with Gasteiger partial charge in [0.2, 0.25) is 0 Å². The molecule has 0 unspecified atom stereocenters. The average Bonchev–Trinajstić information content (AvgIpc) is 2.86. The smallest absolute Gasteiger partial charge is 0.161 e. The average molecular weight is 260 g/mol. The molecular formula is C11H12ClF2N3. The molecule has 17 heavy (non-hydrogen) atoms. The molecule has 1 atom stereocenters. The molecule has 0 radical (unpaired) electrons. The standard InChI is InChI=1S/C11H11F2N3.ClH/c12-6-4-9-10(5-7(6)13)16-11(15-9)8-2-1-3-14-8;/h4-5,8,14H,1-3H2,(H,15,16);1H/t8-;/m0./s1. The second kappa shape index (κ2) is 4.58. The first kappa shape index (κ1) is 12.3. The van der Waals surface area contributed by atoms with Crippen LogP contribution in [0.1, 0.15) is 24.7 Å². The van der Waals surface area contributed by atoms with Crippen LogP contribution in [0, 0.1) is 11.6 Å². The summed E-state index contributed by atoms with van der Waals surface area (Å²) < 4.78 is 26.0. The summed E-state index contributed by atoms with van der Waals surface area (Å²) in [6.45, 7) is 0.963. The van der Waals surface area contributed by atoms with Gasteiger partial charge >= 0.3 is 0 Å². The first-order valence-electron chi connectivity index (χ1n) is 5.32. The zero-order valence-electron chi connectivity index (χ0n) is 8.96. The summed E-state index contributed by atoms with van der Waals surface area (Å²) in [7, 11) is 0. The van der Waals surface area contributed by atoms with Crippen molar-refractivity contribution in [3.8, 4) is 0 Å². The maximum Gasteiger partial charge on any atom is 0.161 e. The zero-order chi connectivity index (χ0) is 11.1. The molecule has 1 aliphatic heterocycles. The lowest BCUT2D eigenvalue weighted by molar-refractivity contribution is 0.510. The number of aromatic nitrogens is 2. The van der Waals surface area contributed by atoms with E-state index in [1.165, 1.54) is 0 Å². The van der Waals surface area contributed by atoms with Crippen molar-refractivity contribution in [2.24, 2.45) is 0 Å². The number of nitrogens with one attached hydrogen (secondary N) is 2. The highest BCUT2D eigenvalue weighted by molar-refractivity contribution is 5.85. The van der Waals surface area contributed by atoms with Crippen LogP contribution in [0.15, 0.2) is 12.1 Å². The Balaban J connectivity index is 0.00000108. The highest BCUT2D eigenvalue weighted by atomic mass is 35.5. The van der Waals surface area contributed by atoms with Crippen LogP contribution in [0.3, 0.4) is 0 Å². The molecule has 3 rings (SSSR count). The van der Waals surface area contributed by atoms with E-state index in [1.54, 1.807) is 0 Å². The number of imidazole rings is 1. The fourth-order valence-electron chi connectivity index (χ4n) is 2.11. The second-order valence-electron chi connectivity index (χ2n) is 4.05. The molecule has 0 bridgehead atoms. The third kappa shape index (κ3) is 2.12. The highest BCUT2D eigenvalue weighted by Gasteiger charge is 2.20. The van der Waals surface area contributed by atoms with Crippen LogP contribution < -0.4 is 5.32 Å². The van der Waals surface area contributed by atoms with Crippen LogP contribution in [0.4, 0.5) is 8.78 Å². The summed E-state index contributed by atoms with van der Waals surface area (Å²) in [4.78, 5) is 7.30. The van der Waals surface area contributed by atoms with Crippen molar-refractivity contribution in [3.63, 3.8) is 0 Å². The Morgan fingerprint density at radius 1 is 1.24 bits per heavy atom. The molecule has 2 heterocycles. The minimum absolute atomic E-state index is 0. The van der Waals surface area contributed by atoms with E-state index in [0.717, 1.165) is 37.3 Å². The number of rotatable bonds is 1. The van der Waals surface area contributed by atoms with Gasteiger partial charge in [0.25, 0.3) is 0 Å². The Hall–Kier alpha value is -1.20. The van der Waals surface area contributed by atoms with Gasteiger partial charge in [-0.3, -0.25) is 0 Å². The summed E-state index contributed by atoms with van der Waals surface area (Å²) in [5.41, 5.74) is 1.02. The summed E-state index contributed by atoms with van der Waals surface area (Å²) >= 11 is 0. The predicted octanol–water partition coefficient (Wildman–Crippen LogP) is 2.69. The number of fused-ring (bicyclic) bond motifs is 1. The molecule has 1 fully saturated rings. The van der Waals surface area contributed by atoms with E-state index < -0.39 is 11.6 Å². The van der Waals surface area contributed by atoms with Crippen LogP contribution in [0.5, 0.6) is 0 Å². The van der Waals surface area contributed by atoms with Gasteiger partial charge in [-0.15, -0.1) is 12.4 Å². The number of benzene rings is 1. The monoisotopic (exact) mass is 259 g/mol. The molecule has 1 aromatic carbocycles. The lowest BCUT2D eigenvalue weighted by atomic mass is 10.2. The minimum Gasteiger partial charge on any atom is -0.341 e. The molecule has 0 spiro atoms. The summed E-state index contributed by atoms with van der Waals surface area (Å²) in [5.74, 6) is -0.940. The number of halogens is 3. The van der Waals surface area contributed by atoms with Crippen LogP contribution in [-0.2, 0) is 0 Å². The second-order valence-corrected chi connectivity index (χ2v) is 4.05. The minimum atomic E-state index is -0.857. The summed E-state index contributed by atoms with van der Waals surface area (Å²) in [6, 6.07) is 2.45. The van der Waals surface area contributed by atoms with Gasteiger partial charge in [0, 0.05) is 12.1 Å². The fraction of sp³-hybridized carbons (Fsp3) is 0.364. The van der Waals surface area contributed by atoms with E-state index >= 15 is 0 Å². The fourth-order valence-corrected chi connectivity index (χ4v) is 2.11. The lowest BCUT2D eigenvalue weighted by Crippen LogP contribution is -2.13. The van der Waals surface area contributed by atoms with Crippen LogP contribution in [-0.4, -0.2) is 16.5 Å². The van der Waals surface area contributed by atoms with E-state index in [0.29, 0.717) is 11.0 Å². The Kier molecular flexibility index (Phi) is 3.31. The van der Waals surface area contributed by atoms with E-state index in [1.807, 2.05) is 0 Å². The largest absolute Gasteiger partial charge is 0.341 e. The topological polar surface area (TPSA) is 40.7 Å². The van der Waals surface area contributed by atoms with Crippen LogP contribution >= 0.6 is 12.4 Å². The van der Waals surface area contributed by atoms with Gasteiger partial charge in [0.05, 0.1) is 17.1 Å². The van der Waals surface area contributed by atoms with Crippen molar-refractivity contribution in [1.29, 1.82) is 0 Å². The molecule has 1 aliphatic rings. The van der Waals surface area contributed by atoms with E-state index in [2.05, 4.69) is 15.3 Å². The third-order valence-corrected chi connectivity index (χ3v) is 2.93. The molecule has 6 heteroatoms. The van der Waals surface area contributed by atoms with Crippen molar-refractivity contribution >= 4 is 23.4 Å². The Morgan fingerprint density at radius 3 is 2.71 bits per heavy atom. The van der Waals surface area contributed by atoms with Crippen LogP contribution in [0.2, 0.25) is 0 Å². The number of aromatic amines is 1. The Morgan fingerprint density at radius 2 is 2.00 bits per heavy atom. The lowest BCUT2D eigenvalue weighted by Gasteiger charge is -2.04. The molecular weight excluding hydrogens is 248 g/mol. The van der Waals surface area contributed by atoms with Crippen molar-refractivity contribution in [1.82, 2.24) is 15.3 Å². The quantitative estimate of drug-likeness (QED) is 0.827. The summed E-state index contributed by atoms with van der Waals surface area (Å²) in [5, 5.41) is 3.28. The molecule has 2 aromatic rings. The van der Waals surface area contributed by atoms with Gasteiger partial charge in [-0.25, -0.2) is 13.8 Å². The van der Waals surface area contributed by atoms with Gasteiger partial charge in [-0.2, -0.15) is 0 Å². The molecule has 0 saturated carbocycles. The molecule has 0 aliphatic carbocycles. The number of H-pyrrole nitrogens is 1. The van der Waals surface area contributed by atoms with E-state index in [4.69, 9.17) is 0 Å². The van der Waals surface area contributed by atoms with E-state index in [-0.39, 0.29) is 18.4 Å². The van der Waals surface area contributed by atoms with Crippen LogP contribution in [0.25, 0.3) is 11.0 Å². The maximum absolute atomic E-state index is 13.0. The molecule has 1 aromatic heterocycles. The Bertz CT molecular complexity index is 496. The predicted molar refractivity (Wildman–Crippen MR) is 63.2 cm³/mol. The SMILES string of the molecule is Cl.Fc1cc2nc([C@@H]3CCCN3)[nH]c2cc1F. The van der Waals surface area contributed by atoms with Gasteiger partial charge in [-0.1, -0.05) is 0 Å². The van der Waals surface area contributed by atoms with Crippen molar-refractivity contribution in [2.75, 3.05) is 6.54 Å². The van der Waals surface area contributed by atoms with Crippen molar-refractivity contribution in [2.45, 2.75) is 18.9 Å². The highest BCUT2D eigenvalue weighted by Crippen LogP contribution is 2.24. The molecule has 0 amide bonds. The first-order chi connectivity index (χ1) is 7.74. The molecule has 3 nitrogen and oxygen atoms in total. The van der Waals surface area contributed by atoms with E-state index in [9.17, 15) is 8.78 Å². The number of hydrogen-bond acceptors (Lipinski definition) is 2. The first-order valence-corrected chi connectivity index (χ1v) is 5.32. The molecule has 1 saturated heterocycles. The maximum atomic E-state index is 13.0. The van der Waals surface area contributed by atoms with Crippen molar-refractivity contribution in [3.05, 3.63) is 29.6 Å².